The van der Waals surface area contributed by atoms with Crippen LogP contribution in [0.3, 0.4) is 0 Å². The van der Waals surface area contributed by atoms with Crippen molar-refractivity contribution >= 4 is 15.7 Å². The normalized spacial score (nSPS) is 27.6. The van der Waals surface area contributed by atoms with Crippen LogP contribution in [0.25, 0.3) is 0 Å². The van der Waals surface area contributed by atoms with Gasteiger partial charge in [-0.3, -0.25) is 4.79 Å². The average Bonchev–Trinajstić information content (AvgIpc) is 2.77. The Labute approximate surface area is 131 Å². The third-order valence-corrected chi connectivity index (χ3v) is 5.90. The number of benzene rings is 1. The summed E-state index contributed by atoms with van der Waals surface area (Å²) in [6, 6.07) is 6.05. The minimum absolute atomic E-state index is 0.175. The van der Waals surface area contributed by atoms with E-state index in [0.29, 0.717) is 23.2 Å². The second-order valence-electron chi connectivity index (χ2n) is 6.53. The molecule has 0 spiro atoms. The number of hydrogen-bond acceptors (Lipinski definition) is 4. The zero-order chi connectivity index (χ0) is 15.9. The van der Waals surface area contributed by atoms with Crippen molar-refractivity contribution in [3.05, 3.63) is 29.3 Å². The molecule has 2 unspecified atom stereocenters. The number of fused-ring (bicyclic) bond motifs is 2. The Morgan fingerprint density at radius 1 is 1.23 bits per heavy atom. The summed E-state index contributed by atoms with van der Waals surface area (Å²) in [5, 5.41) is 6.60. The summed E-state index contributed by atoms with van der Waals surface area (Å²) in [7, 11) is -3.32. The zero-order valence-corrected chi connectivity index (χ0v) is 13.7. The number of amides is 1. The van der Waals surface area contributed by atoms with Gasteiger partial charge in [0.1, 0.15) is 0 Å². The van der Waals surface area contributed by atoms with E-state index < -0.39 is 9.84 Å². The largest absolute Gasteiger partial charge is 0.349 e. The molecule has 1 aromatic carbocycles. The Balaban J connectivity index is 1.75. The van der Waals surface area contributed by atoms with Gasteiger partial charge in [0.2, 0.25) is 0 Å². The highest BCUT2D eigenvalue weighted by atomic mass is 32.2. The first-order valence-corrected chi connectivity index (χ1v) is 9.59. The second kappa shape index (κ2) is 5.66. The van der Waals surface area contributed by atoms with Crippen molar-refractivity contribution in [2.24, 2.45) is 0 Å². The van der Waals surface area contributed by atoms with E-state index in [4.69, 9.17) is 0 Å². The smallest absolute Gasteiger partial charge is 0.251 e. The molecule has 2 atom stereocenters. The topological polar surface area (TPSA) is 75.3 Å². The second-order valence-corrected chi connectivity index (χ2v) is 8.52. The van der Waals surface area contributed by atoms with Crippen LogP contribution in [0.1, 0.15) is 41.6 Å². The molecule has 2 saturated heterocycles. The molecule has 6 heteroatoms. The van der Waals surface area contributed by atoms with Crippen LogP contribution in [0.15, 0.2) is 23.1 Å². The highest BCUT2D eigenvalue weighted by Crippen LogP contribution is 2.27. The van der Waals surface area contributed by atoms with Crippen LogP contribution in [-0.2, 0) is 9.84 Å². The summed E-state index contributed by atoms with van der Waals surface area (Å²) in [5.74, 6) is -0.184. The highest BCUT2D eigenvalue weighted by molar-refractivity contribution is 7.90. The van der Waals surface area contributed by atoms with Gasteiger partial charge in [-0.05, 0) is 50.3 Å². The van der Waals surface area contributed by atoms with E-state index in [1.54, 1.807) is 19.1 Å². The van der Waals surface area contributed by atoms with Crippen LogP contribution in [0.4, 0.5) is 0 Å². The lowest BCUT2D eigenvalue weighted by Gasteiger charge is -2.29. The number of aryl methyl sites for hydroxylation is 1. The Hall–Kier alpha value is -1.40. The standard InChI is InChI=1S/C16H22N2O3S/c1-10-3-4-11(7-15(10)22(2,20)21)16(19)18-14-8-12-5-6-13(9-14)17-12/h3-4,7,12-14,17H,5-6,8-9H2,1-2H3,(H,18,19). The van der Waals surface area contributed by atoms with Crippen LogP contribution in [0, 0.1) is 6.92 Å². The Kier molecular flexibility index (Phi) is 3.99. The van der Waals surface area contributed by atoms with E-state index in [2.05, 4.69) is 10.6 Å². The molecule has 2 aliphatic heterocycles. The predicted molar refractivity (Wildman–Crippen MR) is 84.7 cm³/mol. The molecule has 1 aromatic rings. The average molecular weight is 322 g/mol. The van der Waals surface area contributed by atoms with Crippen LogP contribution in [0.2, 0.25) is 0 Å². The van der Waals surface area contributed by atoms with E-state index in [1.807, 2.05) is 0 Å². The number of sulfone groups is 1. The van der Waals surface area contributed by atoms with E-state index in [0.717, 1.165) is 12.8 Å². The van der Waals surface area contributed by atoms with E-state index >= 15 is 0 Å². The Bertz CT molecular complexity index is 687. The third kappa shape index (κ3) is 3.17. The van der Waals surface area contributed by atoms with Crippen molar-refractivity contribution in [1.29, 1.82) is 0 Å². The Morgan fingerprint density at radius 3 is 2.45 bits per heavy atom. The summed E-state index contributed by atoms with van der Waals surface area (Å²) >= 11 is 0. The lowest BCUT2D eigenvalue weighted by molar-refractivity contribution is 0.0923. The number of nitrogens with one attached hydrogen (secondary N) is 2. The van der Waals surface area contributed by atoms with E-state index in [9.17, 15) is 13.2 Å². The number of piperidine rings is 1. The van der Waals surface area contributed by atoms with Crippen molar-refractivity contribution in [1.82, 2.24) is 10.6 Å². The molecular formula is C16H22N2O3S. The summed E-state index contributed by atoms with van der Waals surface area (Å²) < 4.78 is 23.5. The number of carbonyl (C=O) groups is 1. The molecule has 2 N–H and O–H groups in total. The van der Waals surface area contributed by atoms with Crippen LogP contribution < -0.4 is 10.6 Å². The highest BCUT2D eigenvalue weighted by Gasteiger charge is 2.34. The fraction of sp³-hybridized carbons (Fsp3) is 0.562. The molecule has 5 nitrogen and oxygen atoms in total. The molecule has 2 fully saturated rings. The van der Waals surface area contributed by atoms with E-state index in [1.165, 1.54) is 25.2 Å². The van der Waals surface area contributed by atoms with Gasteiger partial charge in [-0.15, -0.1) is 0 Å². The van der Waals surface area contributed by atoms with Gasteiger partial charge in [-0.1, -0.05) is 6.07 Å². The van der Waals surface area contributed by atoms with Crippen LogP contribution >= 0.6 is 0 Å². The van der Waals surface area contributed by atoms with Crippen molar-refractivity contribution in [2.75, 3.05) is 6.26 Å². The minimum atomic E-state index is -3.32. The molecule has 0 radical (unpaired) electrons. The summed E-state index contributed by atoms with van der Waals surface area (Å²) in [4.78, 5) is 12.6. The molecule has 0 saturated carbocycles. The van der Waals surface area contributed by atoms with Crippen LogP contribution in [-0.4, -0.2) is 38.7 Å². The maximum atomic E-state index is 12.4. The number of carbonyl (C=O) groups excluding carboxylic acids is 1. The van der Waals surface area contributed by atoms with Gasteiger partial charge in [0.05, 0.1) is 4.90 Å². The SMILES string of the molecule is Cc1ccc(C(=O)NC2CC3CCC(C2)N3)cc1S(C)(=O)=O. The third-order valence-electron chi connectivity index (χ3n) is 4.66. The first kappa shape index (κ1) is 15.5. The van der Waals surface area contributed by atoms with Gasteiger partial charge in [0.15, 0.2) is 9.84 Å². The molecule has 2 bridgehead atoms. The summed E-state index contributed by atoms with van der Waals surface area (Å²) in [6.45, 7) is 1.74. The van der Waals surface area contributed by atoms with Crippen LogP contribution in [0.5, 0.6) is 0 Å². The molecule has 2 heterocycles. The maximum absolute atomic E-state index is 12.4. The van der Waals surface area contributed by atoms with Gasteiger partial charge >= 0.3 is 0 Å². The molecule has 120 valence electrons. The maximum Gasteiger partial charge on any atom is 0.251 e. The molecule has 0 aromatic heterocycles. The molecule has 1 amide bonds. The predicted octanol–water partition coefficient (Wildman–Crippen LogP) is 1.41. The lowest BCUT2D eigenvalue weighted by Crippen LogP contribution is -2.48. The molecule has 3 rings (SSSR count). The molecule has 2 aliphatic rings. The summed E-state index contributed by atoms with van der Waals surface area (Å²) in [6.07, 6.45) is 5.43. The molecule has 22 heavy (non-hydrogen) atoms. The van der Waals surface area contributed by atoms with Gasteiger partial charge in [0, 0.05) is 29.9 Å². The van der Waals surface area contributed by atoms with Crippen molar-refractivity contribution < 1.29 is 13.2 Å². The van der Waals surface area contributed by atoms with Crippen molar-refractivity contribution in [3.8, 4) is 0 Å². The van der Waals surface area contributed by atoms with Gasteiger partial charge in [0.25, 0.3) is 5.91 Å². The number of rotatable bonds is 3. The minimum Gasteiger partial charge on any atom is -0.349 e. The molecular weight excluding hydrogens is 300 g/mol. The van der Waals surface area contributed by atoms with E-state index in [-0.39, 0.29) is 16.8 Å². The fourth-order valence-electron chi connectivity index (χ4n) is 3.58. The van der Waals surface area contributed by atoms with Crippen molar-refractivity contribution in [2.45, 2.75) is 55.6 Å². The first-order valence-electron chi connectivity index (χ1n) is 7.70. The van der Waals surface area contributed by atoms with Gasteiger partial charge in [-0.2, -0.15) is 0 Å². The fourth-order valence-corrected chi connectivity index (χ4v) is 4.58. The zero-order valence-electron chi connectivity index (χ0n) is 12.9. The van der Waals surface area contributed by atoms with Crippen molar-refractivity contribution in [3.63, 3.8) is 0 Å². The molecule has 0 aliphatic carbocycles. The Morgan fingerprint density at radius 2 is 1.86 bits per heavy atom. The first-order chi connectivity index (χ1) is 10.3. The summed E-state index contributed by atoms with van der Waals surface area (Å²) in [5.41, 5.74) is 1.08. The quantitative estimate of drug-likeness (QED) is 0.882. The monoisotopic (exact) mass is 322 g/mol. The lowest BCUT2D eigenvalue weighted by atomic mass is 9.99. The van der Waals surface area contributed by atoms with Gasteiger partial charge in [-0.25, -0.2) is 8.42 Å². The number of hydrogen-bond donors (Lipinski definition) is 2. The van der Waals surface area contributed by atoms with Gasteiger partial charge < -0.3 is 10.6 Å².